The van der Waals surface area contributed by atoms with E-state index in [1.165, 1.54) is 0 Å². The molecule has 2 N–H and O–H groups in total. The number of fused-ring (bicyclic) bond motifs is 2. The Kier molecular flexibility index (Phi) is 6.64. The lowest BCUT2D eigenvalue weighted by atomic mass is 9.96. The summed E-state index contributed by atoms with van der Waals surface area (Å²) in [5, 5.41) is 9.89. The average molecular weight is 376 g/mol. The number of nitrogens with one attached hydrogen (secondary N) is 2. The summed E-state index contributed by atoms with van der Waals surface area (Å²) in [4.78, 5) is 25.5. The maximum Gasteiger partial charge on any atom is 0.251 e. The largest absolute Gasteiger partial charge is 0.352 e. The first kappa shape index (κ1) is 19.9. The van der Waals surface area contributed by atoms with Crippen molar-refractivity contribution in [3.63, 3.8) is 0 Å². The zero-order valence-electron chi connectivity index (χ0n) is 16.7. The first-order chi connectivity index (χ1) is 13.6. The summed E-state index contributed by atoms with van der Waals surface area (Å²) < 4.78 is 0. The highest BCUT2D eigenvalue weighted by molar-refractivity contribution is 6.13. The van der Waals surface area contributed by atoms with Crippen LogP contribution < -0.4 is 10.6 Å². The summed E-state index contributed by atoms with van der Waals surface area (Å²) in [6.07, 6.45) is 3.92. The molecular formula is C24H28N2O2. The molecule has 146 valence electrons. The van der Waals surface area contributed by atoms with Crippen molar-refractivity contribution < 1.29 is 9.59 Å². The van der Waals surface area contributed by atoms with Crippen molar-refractivity contribution in [2.45, 2.75) is 39.5 Å². The Morgan fingerprint density at radius 1 is 0.750 bits per heavy atom. The van der Waals surface area contributed by atoms with Gasteiger partial charge in [0, 0.05) is 24.2 Å². The molecule has 28 heavy (non-hydrogen) atoms. The van der Waals surface area contributed by atoms with Crippen LogP contribution in [0.15, 0.2) is 48.5 Å². The predicted molar refractivity (Wildman–Crippen MR) is 116 cm³/mol. The van der Waals surface area contributed by atoms with E-state index in [9.17, 15) is 9.59 Å². The fourth-order valence-electron chi connectivity index (χ4n) is 3.33. The number of carbonyl (C=O) groups excluding carboxylic acids is 2. The summed E-state index contributed by atoms with van der Waals surface area (Å²) in [5.41, 5.74) is 1.08. The number of benzene rings is 3. The Balaban J connectivity index is 2.06. The second-order valence-electron chi connectivity index (χ2n) is 7.16. The van der Waals surface area contributed by atoms with Crippen LogP contribution in [0.2, 0.25) is 0 Å². The van der Waals surface area contributed by atoms with Gasteiger partial charge in [0.15, 0.2) is 0 Å². The van der Waals surface area contributed by atoms with Crippen LogP contribution in [0, 0.1) is 0 Å². The lowest BCUT2D eigenvalue weighted by Gasteiger charge is -2.12. The minimum absolute atomic E-state index is 0.128. The first-order valence-corrected chi connectivity index (χ1v) is 10.2. The summed E-state index contributed by atoms with van der Waals surface area (Å²) in [7, 11) is 0. The van der Waals surface area contributed by atoms with Gasteiger partial charge in [-0.05, 0) is 58.7 Å². The fourth-order valence-corrected chi connectivity index (χ4v) is 3.33. The highest BCUT2D eigenvalue weighted by Crippen LogP contribution is 2.27. The topological polar surface area (TPSA) is 58.2 Å². The fraction of sp³-hybridized carbons (Fsp3) is 0.333. The third kappa shape index (κ3) is 4.50. The van der Waals surface area contributed by atoms with E-state index >= 15 is 0 Å². The summed E-state index contributed by atoms with van der Waals surface area (Å²) in [6.45, 7) is 5.46. The highest BCUT2D eigenvalue weighted by atomic mass is 16.2. The van der Waals surface area contributed by atoms with Gasteiger partial charge in [-0.15, -0.1) is 0 Å². The molecule has 0 aliphatic heterocycles. The van der Waals surface area contributed by atoms with Crippen molar-refractivity contribution in [2.75, 3.05) is 13.1 Å². The molecule has 0 aromatic heterocycles. The number of amides is 2. The molecule has 0 spiro atoms. The van der Waals surface area contributed by atoms with Crippen LogP contribution >= 0.6 is 0 Å². The van der Waals surface area contributed by atoms with E-state index in [4.69, 9.17) is 0 Å². The maximum atomic E-state index is 12.9. The minimum atomic E-state index is -0.133. The minimum Gasteiger partial charge on any atom is -0.352 e. The van der Waals surface area contributed by atoms with Crippen molar-refractivity contribution in [2.24, 2.45) is 0 Å². The number of carbonyl (C=O) groups is 2. The van der Waals surface area contributed by atoms with Crippen molar-refractivity contribution >= 4 is 33.4 Å². The van der Waals surface area contributed by atoms with E-state index in [1.54, 1.807) is 6.07 Å². The molecule has 0 saturated carbocycles. The Hall–Kier alpha value is -2.88. The first-order valence-electron chi connectivity index (χ1n) is 10.2. The maximum absolute atomic E-state index is 12.9. The van der Waals surface area contributed by atoms with Gasteiger partial charge in [-0.3, -0.25) is 9.59 Å². The molecule has 0 aliphatic carbocycles. The molecule has 3 rings (SSSR count). The van der Waals surface area contributed by atoms with E-state index in [0.29, 0.717) is 24.2 Å². The van der Waals surface area contributed by atoms with Gasteiger partial charge in [0.25, 0.3) is 11.8 Å². The molecular weight excluding hydrogens is 348 g/mol. The van der Waals surface area contributed by atoms with Crippen molar-refractivity contribution in [1.82, 2.24) is 10.6 Å². The van der Waals surface area contributed by atoms with Crippen LogP contribution in [0.1, 0.15) is 60.2 Å². The van der Waals surface area contributed by atoms with Crippen LogP contribution in [-0.2, 0) is 0 Å². The standard InChI is InChI=1S/C24H28N2O2/c1-3-5-11-25-23(27)20-14-19-13-17-9-7-8-10-18(17)15-21(19)22(16-20)24(28)26-12-6-4-2/h7-10,13-16H,3-6,11-12H2,1-2H3,(H,25,27)(H,26,28). The van der Waals surface area contributed by atoms with Gasteiger partial charge in [0.1, 0.15) is 0 Å². The summed E-state index contributed by atoms with van der Waals surface area (Å²) in [5.74, 6) is -0.261. The molecule has 4 heteroatoms. The molecule has 0 bridgehead atoms. The lowest BCUT2D eigenvalue weighted by Crippen LogP contribution is -2.27. The normalized spacial score (nSPS) is 10.9. The second-order valence-corrected chi connectivity index (χ2v) is 7.16. The van der Waals surface area contributed by atoms with E-state index in [-0.39, 0.29) is 11.8 Å². The third-order valence-electron chi connectivity index (χ3n) is 4.96. The number of rotatable bonds is 8. The van der Waals surface area contributed by atoms with Gasteiger partial charge in [-0.1, -0.05) is 51.0 Å². The predicted octanol–water partition coefficient (Wildman–Crippen LogP) is 5.05. The SMILES string of the molecule is CCCCNC(=O)c1cc(C(=O)NCCCC)c2cc3ccccc3cc2c1. The highest BCUT2D eigenvalue weighted by Gasteiger charge is 2.15. The Morgan fingerprint density at radius 3 is 2.00 bits per heavy atom. The van der Waals surface area contributed by atoms with Gasteiger partial charge >= 0.3 is 0 Å². The molecule has 0 heterocycles. The third-order valence-corrected chi connectivity index (χ3v) is 4.96. The van der Waals surface area contributed by atoms with Gasteiger partial charge in [-0.25, -0.2) is 0 Å². The van der Waals surface area contributed by atoms with E-state index in [1.807, 2.05) is 36.4 Å². The van der Waals surface area contributed by atoms with Crippen molar-refractivity contribution in [3.05, 3.63) is 59.7 Å². The number of unbranched alkanes of at least 4 members (excludes halogenated alkanes) is 2. The van der Waals surface area contributed by atoms with E-state index in [2.05, 4.69) is 30.5 Å². The molecule has 0 atom stereocenters. The molecule has 0 aliphatic rings. The van der Waals surface area contributed by atoms with Gasteiger partial charge in [0.2, 0.25) is 0 Å². The van der Waals surface area contributed by atoms with Gasteiger partial charge in [0.05, 0.1) is 0 Å². The monoisotopic (exact) mass is 376 g/mol. The molecule has 0 unspecified atom stereocenters. The van der Waals surface area contributed by atoms with Crippen LogP contribution in [0.3, 0.4) is 0 Å². The van der Waals surface area contributed by atoms with Crippen molar-refractivity contribution in [1.29, 1.82) is 0 Å². The molecule has 2 amide bonds. The van der Waals surface area contributed by atoms with E-state index < -0.39 is 0 Å². The quantitative estimate of drug-likeness (QED) is 0.427. The van der Waals surface area contributed by atoms with Crippen LogP contribution in [0.4, 0.5) is 0 Å². The van der Waals surface area contributed by atoms with E-state index in [0.717, 1.165) is 47.2 Å². The lowest BCUT2D eigenvalue weighted by molar-refractivity contribution is 0.0952. The van der Waals surface area contributed by atoms with Crippen molar-refractivity contribution in [3.8, 4) is 0 Å². The average Bonchev–Trinajstić information content (AvgIpc) is 2.71. The number of hydrogen-bond acceptors (Lipinski definition) is 2. The summed E-state index contributed by atoms with van der Waals surface area (Å²) >= 11 is 0. The number of hydrogen-bond donors (Lipinski definition) is 2. The molecule has 3 aromatic carbocycles. The van der Waals surface area contributed by atoms with Gasteiger partial charge in [-0.2, -0.15) is 0 Å². The molecule has 4 nitrogen and oxygen atoms in total. The van der Waals surface area contributed by atoms with Gasteiger partial charge < -0.3 is 10.6 Å². The second kappa shape index (κ2) is 9.36. The van der Waals surface area contributed by atoms with Crippen LogP contribution in [0.25, 0.3) is 21.5 Å². The zero-order chi connectivity index (χ0) is 19.9. The molecule has 0 radical (unpaired) electrons. The Bertz CT molecular complexity index is 994. The van der Waals surface area contributed by atoms with Crippen LogP contribution in [0.5, 0.6) is 0 Å². The Morgan fingerprint density at radius 2 is 1.36 bits per heavy atom. The molecule has 0 saturated heterocycles. The Labute approximate surface area is 166 Å². The zero-order valence-corrected chi connectivity index (χ0v) is 16.7. The summed E-state index contributed by atoms with van der Waals surface area (Å²) in [6, 6.07) is 15.8. The van der Waals surface area contributed by atoms with Crippen LogP contribution in [-0.4, -0.2) is 24.9 Å². The molecule has 0 fully saturated rings. The smallest absolute Gasteiger partial charge is 0.251 e. The molecule has 3 aromatic rings.